The largest absolute Gasteiger partial charge is 0.469 e. The predicted octanol–water partition coefficient (Wildman–Crippen LogP) is 0.766. The number of likely N-dealkylation sites (tertiary alicyclic amines) is 1. The van der Waals surface area contributed by atoms with Crippen LogP contribution in [0.3, 0.4) is 0 Å². The minimum atomic E-state index is -0.289. The Balaban J connectivity index is 1.74. The van der Waals surface area contributed by atoms with Crippen molar-refractivity contribution >= 4 is 23.0 Å². The molecule has 0 amide bonds. The van der Waals surface area contributed by atoms with Gasteiger partial charge in [0.2, 0.25) is 0 Å². The van der Waals surface area contributed by atoms with E-state index in [1.807, 2.05) is 0 Å². The highest BCUT2D eigenvalue weighted by molar-refractivity contribution is 5.81. The molecule has 1 aliphatic rings. The molecule has 0 saturated carbocycles. The number of carbonyl (C=O) groups excluding carboxylic acids is 1. The minimum Gasteiger partial charge on any atom is -0.469 e. The zero-order chi connectivity index (χ0) is 20.1. The zero-order valence-electron chi connectivity index (χ0n) is 16.4. The second kappa shape index (κ2) is 9.05. The number of anilines is 1. The molecule has 3 heterocycles. The molecule has 0 radical (unpaired) electrons. The van der Waals surface area contributed by atoms with Crippen LogP contribution in [-0.2, 0) is 16.1 Å². The summed E-state index contributed by atoms with van der Waals surface area (Å²) in [5, 5.41) is 0. The van der Waals surface area contributed by atoms with E-state index < -0.39 is 0 Å². The van der Waals surface area contributed by atoms with Gasteiger partial charge in [-0.3, -0.25) is 9.36 Å². The molecule has 0 aliphatic carbocycles. The van der Waals surface area contributed by atoms with Gasteiger partial charge in [0, 0.05) is 19.6 Å². The van der Waals surface area contributed by atoms with Crippen molar-refractivity contribution in [1.82, 2.24) is 24.4 Å². The first kappa shape index (κ1) is 20.1. The number of carbonyl (C=O) groups is 1. The number of hydrogen-bond donors (Lipinski definition) is 2. The number of nitrogens with two attached hydrogens (primary N) is 1. The highest BCUT2D eigenvalue weighted by Gasteiger charge is 2.26. The number of H-pyrrole nitrogens is 1. The van der Waals surface area contributed by atoms with Crippen molar-refractivity contribution in [3.8, 4) is 6.01 Å². The Morgan fingerprint density at radius 2 is 2.18 bits per heavy atom. The molecule has 10 nitrogen and oxygen atoms in total. The van der Waals surface area contributed by atoms with Gasteiger partial charge in [-0.15, -0.1) is 0 Å². The number of unbranched alkanes of at least 4 members (excludes halogenated alkanes) is 1. The van der Waals surface area contributed by atoms with E-state index in [-0.39, 0.29) is 29.4 Å². The second-order valence-corrected chi connectivity index (χ2v) is 7.04. The smallest absolute Gasteiger partial charge is 0.327 e. The van der Waals surface area contributed by atoms with Crippen LogP contribution in [0.4, 0.5) is 5.82 Å². The maximum Gasteiger partial charge on any atom is 0.327 e. The molecule has 2 aromatic rings. The summed E-state index contributed by atoms with van der Waals surface area (Å²) in [5.41, 5.74) is 6.54. The van der Waals surface area contributed by atoms with Crippen LogP contribution in [0.1, 0.15) is 32.6 Å². The van der Waals surface area contributed by atoms with Crippen LogP contribution in [0.2, 0.25) is 0 Å². The number of fused-ring (bicyclic) bond motifs is 1. The number of methoxy groups -OCH3 is 1. The van der Waals surface area contributed by atoms with Crippen molar-refractivity contribution in [2.75, 3.05) is 39.1 Å². The van der Waals surface area contributed by atoms with Crippen LogP contribution >= 0.6 is 0 Å². The number of imidazole rings is 1. The topological polar surface area (TPSA) is 128 Å². The molecule has 0 spiro atoms. The van der Waals surface area contributed by atoms with Crippen molar-refractivity contribution < 1.29 is 14.3 Å². The Morgan fingerprint density at radius 3 is 2.93 bits per heavy atom. The number of rotatable bonds is 8. The molecule has 0 bridgehead atoms. The van der Waals surface area contributed by atoms with E-state index in [9.17, 15) is 9.59 Å². The van der Waals surface area contributed by atoms with E-state index in [0.29, 0.717) is 37.4 Å². The number of nitrogens with one attached hydrogen (secondary N) is 1. The maximum absolute atomic E-state index is 12.4. The van der Waals surface area contributed by atoms with E-state index in [2.05, 4.69) is 26.8 Å². The minimum absolute atomic E-state index is 0.116. The Hall–Kier alpha value is -2.62. The van der Waals surface area contributed by atoms with Crippen LogP contribution in [0.15, 0.2) is 4.79 Å². The van der Waals surface area contributed by atoms with Crippen molar-refractivity contribution in [3.05, 3.63) is 10.5 Å². The number of aromatic nitrogens is 4. The Bertz CT molecular complexity index is 877. The lowest BCUT2D eigenvalue weighted by atomic mass is 9.98. The molecule has 1 aliphatic heterocycles. The molecule has 1 unspecified atom stereocenters. The number of nitrogens with zero attached hydrogens (tertiary/aromatic N) is 4. The lowest BCUT2D eigenvalue weighted by Gasteiger charge is -2.31. The molecule has 0 aromatic carbocycles. The van der Waals surface area contributed by atoms with Crippen molar-refractivity contribution in [1.29, 1.82) is 0 Å². The third-order valence-electron chi connectivity index (χ3n) is 5.04. The maximum atomic E-state index is 12.4. The Labute approximate surface area is 163 Å². The first-order valence-electron chi connectivity index (χ1n) is 9.72. The molecular formula is C18H28N6O4. The average molecular weight is 392 g/mol. The second-order valence-electron chi connectivity index (χ2n) is 7.04. The molecule has 3 rings (SSSR count). The monoisotopic (exact) mass is 392 g/mol. The van der Waals surface area contributed by atoms with E-state index in [0.717, 1.165) is 32.2 Å². The number of hydrogen-bond acceptors (Lipinski definition) is 8. The molecule has 3 N–H and O–H groups in total. The van der Waals surface area contributed by atoms with E-state index in [1.54, 1.807) is 4.57 Å². The Kier molecular flexibility index (Phi) is 6.50. The number of nitrogen functional groups attached to an aromatic ring is 1. The van der Waals surface area contributed by atoms with Gasteiger partial charge in [-0.25, -0.2) is 4.79 Å². The highest BCUT2D eigenvalue weighted by atomic mass is 16.5. The fourth-order valence-corrected chi connectivity index (χ4v) is 3.47. The SMILES string of the molecule is CCCCOc1nc(N)c2[nH]c(=O)n(CCN3CCCC(C(=O)OC)C3)c2n1. The summed E-state index contributed by atoms with van der Waals surface area (Å²) in [7, 11) is 1.41. The van der Waals surface area contributed by atoms with Gasteiger partial charge in [0.25, 0.3) is 0 Å². The zero-order valence-corrected chi connectivity index (χ0v) is 16.4. The van der Waals surface area contributed by atoms with Gasteiger partial charge < -0.3 is 25.1 Å². The van der Waals surface area contributed by atoms with Crippen molar-refractivity contribution in [2.45, 2.75) is 39.2 Å². The van der Waals surface area contributed by atoms with Crippen LogP contribution in [0.25, 0.3) is 11.2 Å². The first-order chi connectivity index (χ1) is 13.5. The number of aromatic amines is 1. The van der Waals surface area contributed by atoms with Gasteiger partial charge in [-0.1, -0.05) is 13.3 Å². The van der Waals surface area contributed by atoms with Gasteiger partial charge in [-0.2, -0.15) is 9.97 Å². The summed E-state index contributed by atoms with van der Waals surface area (Å²) in [5.74, 6) is -0.102. The number of ether oxygens (including phenoxy) is 2. The van der Waals surface area contributed by atoms with Crippen LogP contribution in [0.5, 0.6) is 6.01 Å². The van der Waals surface area contributed by atoms with Gasteiger partial charge in [-0.05, 0) is 25.8 Å². The van der Waals surface area contributed by atoms with Gasteiger partial charge in [0.15, 0.2) is 11.5 Å². The molecule has 154 valence electrons. The average Bonchev–Trinajstić information content (AvgIpc) is 3.02. The van der Waals surface area contributed by atoms with Gasteiger partial charge in [0.1, 0.15) is 5.52 Å². The molecule has 28 heavy (non-hydrogen) atoms. The lowest BCUT2D eigenvalue weighted by molar-refractivity contribution is -0.147. The summed E-state index contributed by atoms with van der Waals surface area (Å²) in [6, 6.07) is 0.176. The molecule has 2 aromatic heterocycles. The summed E-state index contributed by atoms with van der Waals surface area (Å²) in [6.07, 6.45) is 3.64. The first-order valence-corrected chi connectivity index (χ1v) is 9.72. The third-order valence-corrected chi connectivity index (χ3v) is 5.04. The van der Waals surface area contributed by atoms with E-state index in [4.69, 9.17) is 15.2 Å². The van der Waals surface area contributed by atoms with Crippen LogP contribution in [0, 0.1) is 5.92 Å². The summed E-state index contributed by atoms with van der Waals surface area (Å²) >= 11 is 0. The summed E-state index contributed by atoms with van der Waals surface area (Å²) in [4.78, 5) is 37.6. The number of esters is 1. The molecule has 1 atom stereocenters. The Morgan fingerprint density at radius 1 is 1.36 bits per heavy atom. The lowest BCUT2D eigenvalue weighted by Crippen LogP contribution is -2.41. The standard InChI is InChI=1S/C18H28N6O4/c1-3-4-10-28-17-21-14(19)13-15(22-17)24(18(26)20-13)9-8-23-7-5-6-12(11-23)16(25)27-2/h12H,3-11H2,1-2H3,(H,20,26)(H2,19,21,22). The third kappa shape index (κ3) is 4.44. The fraction of sp³-hybridized carbons (Fsp3) is 0.667. The summed E-state index contributed by atoms with van der Waals surface area (Å²) in [6.45, 7) is 5.13. The van der Waals surface area contributed by atoms with E-state index >= 15 is 0 Å². The number of piperidine rings is 1. The van der Waals surface area contributed by atoms with Crippen molar-refractivity contribution in [3.63, 3.8) is 0 Å². The van der Waals surface area contributed by atoms with Crippen LogP contribution in [-0.4, -0.2) is 63.7 Å². The molecule has 1 saturated heterocycles. The quantitative estimate of drug-likeness (QED) is 0.498. The van der Waals surface area contributed by atoms with Gasteiger partial charge in [0.05, 0.1) is 19.6 Å². The van der Waals surface area contributed by atoms with Crippen LogP contribution < -0.4 is 16.2 Å². The predicted molar refractivity (Wildman–Crippen MR) is 104 cm³/mol. The fourth-order valence-electron chi connectivity index (χ4n) is 3.47. The van der Waals surface area contributed by atoms with Crippen molar-refractivity contribution in [2.24, 2.45) is 5.92 Å². The molecule has 10 heteroatoms. The summed E-state index contributed by atoms with van der Waals surface area (Å²) < 4.78 is 12.0. The molecular weight excluding hydrogens is 364 g/mol. The van der Waals surface area contributed by atoms with E-state index in [1.165, 1.54) is 7.11 Å². The van der Waals surface area contributed by atoms with Gasteiger partial charge >= 0.3 is 17.7 Å². The normalized spacial score (nSPS) is 17.7. The highest BCUT2D eigenvalue weighted by Crippen LogP contribution is 2.20. The molecule has 1 fully saturated rings.